The minimum Gasteiger partial charge on any atom is -0.495 e. The number of nitrogens with zero attached hydrogens (tertiary/aromatic N) is 2. The third-order valence-electron chi connectivity index (χ3n) is 4.09. The number of nitrogens with one attached hydrogen (secondary N) is 2. The van der Waals surface area contributed by atoms with Crippen molar-refractivity contribution in [3.63, 3.8) is 0 Å². The number of benzene rings is 2. The average Bonchev–Trinajstić information content (AvgIpc) is 3.23. The Labute approximate surface area is 158 Å². The molecule has 0 aliphatic rings. The van der Waals surface area contributed by atoms with Gasteiger partial charge in [-0.15, -0.1) is 5.10 Å². The molecule has 9 heteroatoms. The number of aromatic amines is 1. The summed E-state index contributed by atoms with van der Waals surface area (Å²) in [5, 5.41) is 11.3. The molecule has 0 aliphatic carbocycles. The number of carbonyl (C=O) groups is 1. The normalized spacial score (nSPS) is 12.4. The number of rotatable bonds is 5. The van der Waals surface area contributed by atoms with E-state index in [1.54, 1.807) is 20.1 Å². The molecular formula is C18H17N5O3S. The zero-order valence-corrected chi connectivity index (χ0v) is 15.5. The molecule has 4 aromatic rings. The Morgan fingerprint density at radius 2 is 2.11 bits per heavy atom. The van der Waals surface area contributed by atoms with Gasteiger partial charge in [0.15, 0.2) is 0 Å². The summed E-state index contributed by atoms with van der Waals surface area (Å²) in [7, 11) is 1.56. The van der Waals surface area contributed by atoms with Crippen LogP contribution in [-0.4, -0.2) is 33.4 Å². The summed E-state index contributed by atoms with van der Waals surface area (Å²) in [4.78, 5) is 16.6. The van der Waals surface area contributed by atoms with E-state index in [1.807, 2.05) is 30.3 Å². The van der Waals surface area contributed by atoms with E-state index >= 15 is 0 Å². The van der Waals surface area contributed by atoms with Crippen molar-refractivity contribution in [1.29, 1.82) is 0 Å². The maximum atomic E-state index is 12.6. The standard InChI is InChI=1S/C18H17N5O3S/c1-9(27-18-21-17(19)22-23-18)16(24)20-12-8-14-11(7-15(12)25-2)10-5-3-4-6-13(10)26-14/h3-9H,1-2H3,(H,20,24)(H3,19,21,22,23). The molecule has 1 unspecified atom stereocenters. The summed E-state index contributed by atoms with van der Waals surface area (Å²) in [6.07, 6.45) is 0. The molecule has 8 nitrogen and oxygen atoms in total. The number of hydrogen-bond acceptors (Lipinski definition) is 7. The fourth-order valence-corrected chi connectivity index (χ4v) is 3.51. The Balaban J connectivity index is 1.62. The van der Waals surface area contributed by atoms with Crippen LogP contribution in [0.2, 0.25) is 0 Å². The van der Waals surface area contributed by atoms with Gasteiger partial charge in [-0.05, 0) is 19.1 Å². The number of aromatic nitrogens is 3. The minimum absolute atomic E-state index is 0.210. The molecule has 27 heavy (non-hydrogen) atoms. The third-order valence-corrected chi connectivity index (χ3v) is 5.05. The predicted molar refractivity (Wildman–Crippen MR) is 105 cm³/mol. The second-order valence-electron chi connectivity index (χ2n) is 5.90. The maximum Gasteiger partial charge on any atom is 0.237 e. The zero-order chi connectivity index (χ0) is 19.0. The minimum atomic E-state index is -0.434. The molecule has 0 spiro atoms. The maximum absolute atomic E-state index is 12.6. The van der Waals surface area contributed by atoms with E-state index in [-0.39, 0.29) is 11.9 Å². The van der Waals surface area contributed by atoms with Gasteiger partial charge in [0.1, 0.15) is 16.9 Å². The van der Waals surface area contributed by atoms with Gasteiger partial charge in [0.2, 0.25) is 17.0 Å². The molecule has 0 fully saturated rings. The first-order valence-electron chi connectivity index (χ1n) is 8.20. The molecule has 0 saturated heterocycles. The molecule has 2 aromatic carbocycles. The fraction of sp³-hybridized carbons (Fsp3) is 0.167. The summed E-state index contributed by atoms with van der Waals surface area (Å²) in [5.74, 6) is 0.556. The van der Waals surface area contributed by atoms with Gasteiger partial charge in [-0.1, -0.05) is 30.0 Å². The number of nitrogens with two attached hydrogens (primary N) is 1. The first-order chi connectivity index (χ1) is 13.0. The van der Waals surface area contributed by atoms with Crippen molar-refractivity contribution < 1.29 is 13.9 Å². The van der Waals surface area contributed by atoms with Gasteiger partial charge in [-0.2, -0.15) is 4.98 Å². The molecule has 2 aromatic heterocycles. The highest BCUT2D eigenvalue weighted by Crippen LogP contribution is 2.36. The number of fused-ring (bicyclic) bond motifs is 3. The number of carbonyl (C=O) groups excluding carboxylic acids is 1. The number of nitrogen functional groups attached to an aromatic ring is 1. The van der Waals surface area contributed by atoms with Crippen LogP contribution in [0.15, 0.2) is 46.0 Å². The molecule has 138 valence electrons. The lowest BCUT2D eigenvalue weighted by Crippen LogP contribution is -2.22. The number of furan rings is 1. The van der Waals surface area contributed by atoms with E-state index in [1.165, 1.54) is 11.8 Å². The monoisotopic (exact) mass is 383 g/mol. The number of thioether (sulfide) groups is 1. The molecule has 4 rings (SSSR count). The molecule has 2 heterocycles. The molecule has 0 bridgehead atoms. The van der Waals surface area contributed by atoms with E-state index < -0.39 is 5.25 Å². The topological polar surface area (TPSA) is 119 Å². The van der Waals surface area contributed by atoms with Gasteiger partial charge in [0.05, 0.1) is 18.0 Å². The van der Waals surface area contributed by atoms with Crippen LogP contribution in [0.5, 0.6) is 5.75 Å². The van der Waals surface area contributed by atoms with E-state index in [9.17, 15) is 4.79 Å². The van der Waals surface area contributed by atoms with Crippen molar-refractivity contribution in [2.45, 2.75) is 17.3 Å². The quantitative estimate of drug-likeness (QED) is 0.452. The second kappa shape index (κ2) is 6.84. The highest BCUT2D eigenvalue weighted by molar-refractivity contribution is 8.00. The van der Waals surface area contributed by atoms with Gasteiger partial charge in [0.25, 0.3) is 0 Å². The van der Waals surface area contributed by atoms with Crippen LogP contribution in [0.25, 0.3) is 21.9 Å². The molecule has 4 N–H and O–H groups in total. The highest BCUT2D eigenvalue weighted by atomic mass is 32.2. The Bertz CT molecular complexity index is 1140. The summed E-state index contributed by atoms with van der Waals surface area (Å²) in [6.45, 7) is 1.76. The smallest absolute Gasteiger partial charge is 0.237 e. The van der Waals surface area contributed by atoms with Crippen LogP contribution in [0.3, 0.4) is 0 Å². The molecular weight excluding hydrogens is 366 g/mol. The predicted octanol–water partition coefficient (Wildman–Crippen LogP) is 3.41. The first-order valence-corrected chi connectivity index (χ1v) is 9.08. The number of ether oxygens (including phenoxy) is 1. The van der Waals surface area contributed by atoms with E-state index in [0.29, 0.717) is 22.2 Å². The van der Waals surface area contributed by atoms with Gasteiger partial charge < -0.3 is 20.2 Å². The van der Waals surface area contributed by atoms with Crippen molar-refractivity contribution in [3.8, 4) is 5.75 Å². The number of hydrogen-bond donors (Lipinski definition) is 3. The average molecular weight is 383 g/mol. The van der Waals surface area contributed by atoms with Crippen LogP contribution < -0.4 is 15.8 Å². The zero-order valence-electron chi connectivity index (χ0n) is 14.6. The SMILES string of the molecule is COc1cc2c(cc1NC(=O)C(C)Sc1n[nH]c(N)n1)oc1ccccc12. The van der Waals surface area contributed by atoms with Crippen molar-refractivity contribution in [3.05, 3.63) is 36.4 Å². The number of H-pyrrole nitrogens is 1. The van der Waals surface area contributed by atoms with Gasteiger partial charge in [-0.3, -0.25) is 4.79 Å². The van der Waals surface area contributed by atoms with Gasteiger partial charge in [0, 0.05) is 16.8 Å². The number of anilines is 2. The molecule has 0 saturated carbocycles. The molecule has 0 radical (unpaired) electrons. The van der Waals surface area contributed by atoms with Crippen LogP contribution in [-0.2, 0) is 4.79 Å². The largest absolute Gasteiger partial charge is 0.495 e. The lowest BCUT2D eigenvalue weighted by molar-refractivity contribution is -0.115. The first kappa shape index (κ1) is 17.2. The Hall–Kier alpha value is -3.20. The fourth-order valence-electron chi connectivity index (χ4n) is 2.77. The van der Waals surface area contributed by atoms with E-state index in [0.717, 1.165) is 16.4 Å². The lowest BCUT2D eigenvalue weighted by atomic mass is 10.1. The summed E-state index contributed by atoms with van der Waals surface area (Å²) in [6, 6.07) is 11.4. The number of methoxy groups -OCH3 is 1. The summed E-state index contributed by atoms with van der Waals surface area (Å²) >= 11 is 1.20. The second-order valence-corrected chi connectivity index (χ2v) is 7.21. The van der Waals surface area contributed by atoms with Crippen LogP contribution in [0, 0.1) is 0 Å². The van der Waals surface area contributed by atoms with Crippen molar-refractivity contribution in [2.24, 2.45) is 0 Å². The Morgan fingerprint density at radius 1 is 1.30 bits per heavy atom. The van der Waals surface area contributed by atoms with Crippen molar-refractivity contribution in [2.75, 3.05) is 18.2 Å². The Kier molecular flexibility index (Phi) is 4.36. The van der Waals surface area contributed by atoms with Crippen molar-refractivity contribution in [1.82, 2.24) is 15.2 Å². The van der Waals surface area contributed by atoms with Crippen LogP contribution in [0.1, 0.15) is 6.92 Å². The summed E-state index contributed by atoms with van der Waals surface area (Å²) < 4.78 is 11.3. The van der Waals surface area contributed by atoms with Gasteiger partial charge in [-0.25, -0.2) is 5.10 Å². The van der Waals surface area contributed by atoms with E-state index in [2.05, 4.69) is 20.5 Å². The molecule has 1 amide bonds. The molecule has 1 atom stereocenters. The lowest BCUT2D eigenvalue weighted by Gasteiger charge is -2.13. The van der Waals surface area contributed by atoms with Crippen LogP contribution >= 0.6 is 11.8 Å². The third kappa shape index (κ3) is 3.28. The summed E-state index contributed by atoms with van der Waals surface area (Å²) in [5.41, 5.74) is 7.50. The Morgan fingerprint density at radius 3 is 2.85 bits per heavy atom. The van der Waals surface area contributed by atoms with Gasteiger partial charge >= 0.3 is 0 Å². The van der Waals surface area contributed by atoms with E-state index in [4.69, 9.17) is 14.9 Å². The number of para-hydroxylation sites is 1. The number of amides is 1. The van der Waals surface area contributed by atoms with Crippen molar-refractivity contribution >= 4 is 51.2 Å². The molecule has 0 aliphatic heterocycles. The van der Waals surface area contributed by atoms with Crippen LogP contribution in [0.4, 0.5) is 11.6 Å². The highest BCUT2D eigenvalue weighted by Gasteiger charge is 2.20.